The van der Waals surface area contributed by atoms with Crippen LogP contribution >= 0.6 is 11.8 Å². The zero-order chi connectivity index (χ0) is 18.5. The van der Waals surface area contributed by atoms with Gasteiger partial charge in [-0.1, -0.05) is 29.5 Å². The number of aryl methyl sites for hydroxylation is 2. The van der Waals surface area contributed by atoms with Gasteiger partial charge in [-0.15, -0.1) is 10.2 Å². The molecule has 0 amide bonds. The topological polar surface area (TPSA) is 89.3 Å². The number of carbonyl (C=O) groups is 1. The van der Waals surface area contributed by atoms with E-state index in [0.29, 0.717) is 18.2 Å². The number of aliphatic carboxylic acids is 1. The minimum Gasteiger partial charge on any atom is -0.481 e. The molecule has 0 aliphatic carbocycles. The normalized spacial score (nSPS) is 16.8. The molecule has 1 aliphatic heterocycles. The van der Waals surface area contributed by atoms with Gasteiger partial charge in [0.25, 0.3) is 0 Å². The third kappa shape index (κ3) is 4.76. The fourth-order valence-electron chi connectivity index (χ4n) is 3.04. The molecular weight excluding hydrogens is 352 g/mol. The number of nitrogens with one attached hydrogen (secondary N) is 1. The van der Waals surface area contributed by atoms with E-state index < -0.39 is 5.97 Å². The number of thioether (sulfide) groups is 1. The molecule has 1 saturated heterocycles. The second-order valence-corrected chi connectivity index (χ2v) is 7.44. The molecule has 1 fully saturated rings. The van der Waals surface area contributed by atoms with E-state index in [2.05, 4.69) is 47.6 Å². The van der Waals surface area contributed by atoms with Gasteiger partial charge in [-0.25, -0.2) is 0 Å². The van der Waals surface area contributed by atoms with Gasteiger partial charge in [-0.05, 0) is 38.3 Å². The van der Waals surface area contributed by atoms with Crippen molar-refractivity contribution in [1.82, 2.24) is 14.8 Å². The Bertz CT molecular complexity index is 772. The van der Waals surface area contributed by atoms with E-state index in [9.17, 15) is 4.79 Å². The van der Waals surface area contributed by atoms with Crippen LogP contribution in [0, 0.1) is 13.8 Å². The van der Waals surface area contributed by atoms with Crippen molar-refractivity contribution in [3.05, 3.63) is 35.2 Å². The van der Waals surface area contributed by atoms with Crippen LogP contribution in [-0.4, -0.2) is 44.3 Å². The lowest BCUT2D eigenvalue weighted by Gasteiger charge is -2.15. The number of benzene rings is 1. The number of hydrogen-bond donors (Lipinski definition) is 2. The van der Waals surface area contributed by atoms with E-state index in [0.717, 1.165) is 31.0 Å². The van der Waals surface area contributed by atoms with E-state index in [1.807, 2.05) is 4.57 Å². The number of anilines is 1. The number of hydrogen-bond acceptors (Lipinski definition) is 6. The van der Waals surface area contributed by atoms with E-state index in [-0.39, 0.29) is 11.9 Å². The zero-order valence-electron chi connectivity index (χ0n) is 15.1. The van der Waals surface area contributed by atoms with Crippen LogP contribution < -0.4 is 5.32 Å². The molecule has 1 aliphatic rings. The Morgan fingerprint density at radius 3 is 2.96 bits per heavy atom. The summed E-state index contributed by atoms with van der Waals surface area (Å²) in [5.41, 5.74) is 3.46. The Kier molecular flexibility index (Phi) is 6.16. The lowest BCUT2D eigenvalue weighted by atomic mass is 10.1. The molecule has 2 heterocycles. The maximum absolute atomic E-state index is 10.9. The number of ether oxygens (including phenoxy) is 1. The van der Waals surface area contributed by atoms with Gasteiger partial charge in [-0.2, -0.15) is 0 Å². The Morgan fingerprint density at radius 2 is 2.27 bits per heavy atom. The lowest BCUT2D eigenvalue weighted by Crippen LogP contribution is -2.19. The Labute approximate surface area is 157 Å². The molecule has 3 rings (SSSR count). The van der Waals surface area contributed by atoms with Crippen LogP contribution in [0.15, 0.2) is 23.4 Å². The molecule has 140 valence electrons. The van der Waals surface area contributed by atoms with Crippen LogP contribution in [0.25, 0.3) is 0 Å². The van der Waals surface area contributed by atoms with Gasteiger partial charge in [-0.3, -0.25) is 4.79 Å². The average molecular weight is 376 g/mol. The molecule has 2 N–H and O–H groups in total. The molecule has 2 aromatic rings. The number of carboxylic acid groups (broad SMARTS) is 1. The highest BCUT2D eigenvalue weighted by atomic mass is 32.2. The molecule has 1 atom stereocenters. The predicted molar refractivity (Wildman–Crippen MR) is 101 cm³/mol. The summed E-state index contributed by atoms with van der Waals surface area (Å²) in [6.45, 7) is 6.10. The van der Waals surface area contributed by atoms with E-state index in [4.69, 9.17) is 9.84 Å². The van der Waals surface area contributed by atoms with E-state index >= 15 is 0 Å². The van der Waals surface area contributed by atoms with Gasteiger partial charge < -0.3 is 19.7 Å². The van der Waals surface area contributed by atoms with Crippen molar-refractivity contribution >= 4 is 23.4 Å². The Balaban J connectivity index is 1.74. The molecular formula is C18H24N4O3S. The van der Waals surface area contributed by atoms with Gasteiger partial charge in [0.15, 0.2) is 11.0 Å². The molecule has 0 bridgehead atoms. The summed E-state index contributed by atoms with van der Waals surface area (Å²) in [7, 11) is 0. The molecule has 26 heavy (non-hydrogen) atoms. The number of carboxylic acids is 1. The lowest BCUT2D eigenvalue weighted by molar-refractivity contribution is -0.133. The summed E-state index contributed by atoms with van der Waals surface area (Å²) in [6, 6.07) is 6.26. The van der Waals surface area contributed by atoms with Crippen LogP contribution in [-0.2, 0) is 22.6 Å². The minimum absolute atomic E-state index is 0.0336. The van der Waals surface area contributed by atoms with Crippen LogP contribution in [0.1, 0.15) is 29.8 Å². The second kappa shape index (κ2) is 8.55. The van der Waals surface area contributed by atoms with Gasteiger partial charge in [0.05, 0.1) is 24.9 Å². The van der Waals surface area contributed by atoms with Crippen LogP contribution in [0.2, 0.25) is 0 Å². The monoisotopic (exact) mass is 376 g/mol. The van der Waals surface area contributed by atoms with Crippen LogP contribution in [0.5, 0.6) is 0 Å². The standard InChI is InChI=1S/C18H24N4O3S/c1-12-5-6-15(13(2)8-12)19-9-16-20-21-18(26-11-17(23)24)22(16)10-14-4-3-7-25-14/h5-6,8,14,19H,3-4,7,9-11H2,1-2H3,(H,23,24). The van der Waals surface area contributed by atoms with Gasteiger partial charge in [0, 0.05) is 12.3 Å². The summed E-state index contributed by atoms with van der Waals surface area (Å²) in [4.78, 5) is 10.9. The zero-order valence-corrected chi connectivity index (χ0v) is 15.9. The van der Waals surface area contributed by atoms with Crippen LogP contribution in [0.4, 0.5) is 5.69 Å². The van der Waals surface area contributed by atoms with Crippen molar-refractivity contribution in [2.24, 2.45) is 0 Å². The molecule has 0 radical (unpaired) electrons. The number of aromatic nitrogens is 3. The summed E-state index contributed by atoms with van der Waals surface area (Å²) >= 11 is 1.19. The molecule has 1 aromatic carbocycles. The number of nitrogens with zero attached hydrogens (tertiary/aromatic N) is 3. The molecule has 1 aromatic heterocycles. The smallest absolute Gasteiger partial charge is 0.313 e. The first-order valence-corrected chi connectivity index (χ1v) is 9.71. The largest absolute Gasteiger partial charge is 0.481 e. The summed E-state index contributed by atoms with van der Waals surface area (Å²) in [5, 5.41) is 21.5. The van der Waals surface area contributed by atoms with Crippen molar-refractivity contribution in [1.29, 1.82) is 0 Å². The Hall–Kier alpha value is -2.06. The van der Waals surface area contributed by atoms with Crippen molar-refractivity contribution < 1.29 is 14.6 Å². The third-order valence-corrected chi connectivity index (χ3v) is 5.30. The van der Waals surface area contributed by atoms with Gasteiger partial charge in [0.1, 0.15) is 0 Å². The third-order valence-electron chi connectivity index (χ3n) is 4.35. The molecule has 7 nitrogen and oxygen atoms in total. The van der Waals surface area contributed by atoms with Gasteiger partial charge >= 0.3 is 5.97 Å². The highest BCUT2D eigenvalue weighted by molar-refractivity contribution is 7.99. The summed E-state index contributed by atoms with van der Waals surface area (Å²) < 4.78 is 7.72. The van der Waals surface area contributed by atoms with Gasteiger partial charge in [0.2, 0.25) is 0 Å². The summed E-state index contributed by atoms with van der Waals surface area (Å²) in [5.74, 6) is -0.112. The fraction of sp³-hybridized carbons (Fsp3) is 0.500. The molecule has 0 saturated carbocycles. The first-order chi connectivity index (χ1) is 12.5. The fourth-order valence-corrected chi connectivity index (χ4v) is 3.73. The SMILES string of the molecule is Cc1ccc(NCc2nnc(SCC(=O)O)n2CC2CCCO2)c(C)c1. The highest BCUT2D eigenvalue weighted by Gasteiger charge is 2.21. The average Bonchev–Trinajstić information content (AvgIpc) is 3.23. The summed E-state index contributed by atoms with van der Waals surface area (Å²) in [6.07, 6.45) is 2.20. The molecule has 1 unspecified atom stereocenters. The maximum Gasteiger partial charge on any atom is 0.313 e. The van der Waals surface area contributed by atoms with Crippen molar-refractivity contribution in [3.63, 3.8) is 0 Å². The second-order valence-electron chi connectivity index (χ2n) is 6.50. The quantitative estimate of drug-likeness (QED) is 0.685. The van der Waals surface area contributed by atoms with Crippen molar-refractivity contribution in [2.45, 2.75) is 51.0 Å². The first-order valence-electron chi connectivity index (χ1n) is 8.72. The predicted octanol–water partition coefficient (Wildman–Crippen LogP) is 2.86. The van der Waals surface area contributed by atoms with E-state index in [1.165, 1.54) is 22.9 Å². The first kappa shape index (κ1) is 18.7. The molecule has 0 spiro atoms. The van der Waals surface area contributed by atoms with Crippen molar-refractivity contribution in [3.8, 4) is 0 Å². The molecule has 8 heteroatoms. The minimum atomic E-state index is -0.864. The van der Waals surface area contributed by atoms with Crippen molar-refractivity contribution in [2.75, 3.05) is 17.7 Å². The van der Waals surface area contributed by atoms with E-state index in [1.54, 1.807) is 0 Å². The maximum atomic E-state index is 10.9. The number of rotatable bonds is 8. The Morgan fingerprint density at radius 1 is 1.42 bits per heavy atom. The van der Waals surface area contributed by atoms with Crippen LogP contribution in [0.3, 0.4) is 0 Å². The highest BCUT2D eigenvalue weighted by Crippen LogP contribution is 2.22.